The summed E-state index contributed by atoms with van der Waals surface area (Å²) in [7, 11) is 3.09. The Hall–Kier alpha value is -3.16. The maximum Gasteiger partial charge on any atom is 0.272 e. The topological polar surface area (TPSA) is 105 Å². The molecule has 0 fully saturated rings. The summed E-state index contributed by atoms with van der Waals surface area (Å²) < 4.78 is 1.38. The number of nitrogens with zero attached hydrogens (tertiary/aromatic N) is 2. The molecule has 1 aromatic carbocycles. The van der Waals surface area contributed by atoms with Crippen LogP contribution in [0.2, 0.25) is 0 Å². The van der Waals surface area contributed by atoms with Crippen LogP contribution in [0.15, 0.2) is 36.4 Å². The van der Waals surface area contributed by atoms with Gasteiger partial charge >= 0.3 is 0 Å². The number of carbonyl (C=O) groups excluding carboxylic acids is 3. The first-order valence-electron chi connectivity index (χ1n) is 6.90. The molecule has 0 aliphatic rings. The number of hydrogen-bond acceptors (Lipinski definition) is 4. The molecule has 1 heterocycles. The lowest BCUT2D eigenvalue weighted by Gasteiger charge is -2.04. The largest absolute Gasteiger partial charge is 0.358 e. The lowest BCUT2D eigenvalue weighted by atomic mass is 10.2. The maximum absolute atomic E-state index is 12.1. The molecule has 2 rings (SSSR count). The Morgan fingerprint density at radius 1 is 1.13 bits per heavy atom. The van der Waals surface area contributed by atoms with Gasteiger partial charge in [-0.05, 0) is 12.1 Å². The molecule has 23 heavy (non-hydrogen) atoms. The first-order valence-corrected chi connectivity index (χ1v) is 6.90. The zero-order valence-electron chi connectivity index (χ0n) is 12.8. The summed E-state index contributed by atoms with van der Waals surface area (Å²) in [5.74, 6) is -0.730. The van der Waals surface area contributed by atoms with E-state index in [2.05, 4.69) is 21.0 Å². The van der Waals surface area contributed by atoms with Gasteiger partial charge in [0.1, 0.15) is 5.82 Å². The molecule has 0 spiro atoms. The molecule has 8 heteroatoms. The van der Waals surface area contributed by atoms with E-state index in [4.69, 9.17) is 0 Å². The monoisotopic (exact) mass is 315 g/mol. The maximum atomic E-state index is 12.1. The number of likely N-dealkylation sites (N-methyl/N-ethyl adjacent to an activating group) is 1. The Labute approximate surface area is 132 Å². The van der Waals surface area contributed by atoms with E-state index in [9.17, 15) is 14.4 Å². The summed E-state index contributed by atoms with van der Waals surface area (Å²) in [4.78, 5) is 35.1. The highest BCUT2D eigenvalue weighted by molar-refractivity contribution is 6.04. The number of aryl methyl sites for hydroxylation is 1. The highest BCUT2D eigenvalue weighted by atomic mass is 16.2. The Morgan fingerprint density at radius 2 is 1.83 bits per heavy atom. The predicted octanol–water partition coefficient (Wildman–Crippen LogP) is 0.148. The van der Waals surface area contributed by atoms with Crippen LogP contribution in [0.4, 0.5) is 5.82 Å². The number of anilines is 1. The third kappa shape index (κ3) is 4.16. The van der Waals surface area contributed by atoms with Crippen molar-refractivity contribution in [2.45, 2.75) is 0 Å². The highest BCUT2D eigenvalue weighted by Crippen LogP contribution is 2.11. The molecule has 3 amide bonds. The molecule has 0 aliphatic carbocycles. The number of amides is 3. The SMILES string of the molecule is CNC(=O)CNC(=O)c1cc(NC(=O)c2ccccc2)n(C)n1. The van der Waals surface area contributed by atoms with Gasteiger partial charge in [-0.15, -0.1) is 0 Å². The van der Waals surface area contributed by atoms with E-state index in [0.29, 0.717) is 11.4 Å². The van der Waals surface area contributed by atoms with Gasteiger partial charge in [-0.3, -0.25) is 19.1 Å². The van der Waals surface area contributed by atoms with Gasteiger partial charge < -0.3 is 16.0 Å². The molecule has 0 unspecified atom stereocenters. The van der Waals surface area contributed by atoms with Gasteiger partial charge in [-0.1, -0.05) is 18.2 Å². The number of rotatable bonds is 5. The van der Waals surface area contributed by atoms with Crippen LogP contribution < -0.4 is 16.0 Å². The van der Waals surface area contributed by atoms with E-state index in [1.54, 1.807) is 31.3 Å². The minimum absolute atomic E-state index is 0.111. The van der Waals surface area contributed by atoms with Crippen molar-refractivity contribution in [3.63, 3.8) is 0 Å². The number of nitrogens with one attached hydrogen (secondary N) is 3. The molecule has 0 saturated heterocycles. The fraction of sp³-hybridized carbons (Fsp3) is 0.200. The first-order chi connectivity index (χ1) is 11.0. The second-order valence-corrected chi connectivity index (χ2v) is 4.71. The van der Waals surface area contributed by atoms with E-state index in [1.807, 2.05) is 6.07 Å². The zero-order chi connectivity index (χ0) is 16.8. The molecule has 120 valence electrons. The van der Waals surface area contributed by atoms with Crippen molar-refractivity contribution < 1.29 is 14.4 Å². The van der Waals surface area contributed by atoms with Crippen molar-refractivity contribution in [3.8, 4) is 0 Å². The van der Waals surface area contributed by atoms with Crippen LogP contribution in [0, 0.1) is 0 Å². The predicted molar refractivity (Wildman–Crippen MR) is 84.0 cm³/mol. The van der Waals surface area contributed by atoms with Crippen molar-refractivity contribution >= 4 is 23.5 Å². The van der Waals surface area contributed by atoms with Crippen molar-refractivity contribution in [2.24, 2.45) is 7.05 Å². The van der Waals surface area contributed by atoms with Crippen LogP contribution in [-0.4, -0.2) is 41.1 Å². The average molecular weight is 315 g/mol. The summed E-state index contributed by atoms with van der Waals surface area (Å²) in [6, 6.07) is 10.1. The molecule has 2 aromatic rings. The smallest absolute Gasteiger partial charge is 0.272 e. The molecular formula is C15H17N5O3. The third-order valence-corrected chi connectivity index (χ3v) is 3.08. The normalized spacial score (nSPS) is 10.0. The zero-order valence-corrected chi connectivity index (χ0v) is 12.8. The van der Waals surface area contributed by atoms with Gasteiger partial charge in [0, 0.05) is 25.7 Å². The summed E-state index contributed by atoms with van der Waals surface area (Å²) in [5, 5.41) is 11.5. The van der Waals surface area contributed by atoms with Crippen LogP contribution >= 0.6 is 0 Å². The van der Waals surface area contributed by atoms with E-state index >= 15 is 0 Å². The molecule has 8 nitrogen and oxygen atoms in total. The van der Waals surface area contributed by atoms with Crippen molar-refractivity contribution in [2.75, 3.05) is 18.9 Å². The Bertz CT molecular complexity index is 724. The van der Waals surface area contributed by atoms with Gasteiger partial charge in [-0.25, -0.2) is 0 Å². The molecule has 0 bridgehead atoms. The van der Waals surface area contributed by atoms with Crippen LogP contribution in [0.5, 0.6) is 0 Å². The lowest BCUT2D eigenvalue weighted by molar-refractivity contribution is -0.119. The Morgan fingerprint density at radius 3 is 2.48 bits per heavy atom. The second kappa shape index (κ2) is 7.21. The van der Waals surface area contributed by atoms with E-state index in [-0.39, 0.29) is 24.1 Å². The number of carbonyl (C=O) groups is 3. The number of hydrogen-bond donors (Lipinski definition) is 3. The van der Waals surface area contributed by atoms with Crippen LogP contribution in [-0.2, 0) is 11.8 Å². The Balaban J connectivity index is 2.05. The minimum Gasteiger partial charge on any atom is -0.358 e. The van der Waals surface area contributed by atoms with E-state index in [0.717, 1.165) is 0 Å². The molecule has 3 N–H and O–H groups in total. The van der Waals surface area contributed by atoms with Crippen molar-refractivity contribution in [1.29, 1.82) is 0 Å². The van der Waals surface area contributed by atoms with Gasteiger partial charge in [-0.2, -0.15) is 5.10 Å². The summed E-state index contributed by atoms with van der Waals surface area (Å²) >= 11 is 0. The van der Waals surface area contributed by atoms with Crippen molar-refractivity contribution in [3.05, 3.63) is 47.7 Å². The van der Waals surface area contributed by atoms with E-state index in [1.165, 1.54) is 17.8 Å². The second-order valence-electron chi connectivity index (χ2n) is 4.71. The number of aromatic nitrogens is 2. The quantitative estimate of drug-likeness (QED) is 0.730. The van der Waals surface area contributed by atoms with Crippen LogP contribution in [0.25, 0.3) is 0 Å². The van der Waals surface area contributed by atoms with Gasteiger partial charge in [0.15, 0.2) is 5.69 Å². The standard InChI is InChI=1S/C15H17N5O3/c1-16-13(21)9-17-15(23)11-8-12(20(2)19-11)18-14(22)10-6-4-3-5-7-10/h3-8H,9H2,1-2H3,(H,16,21)(H,17,23)(H,18,22). The molecule has 0 atom stereocenters. The Kier molecular flexibility index (Phi) is 5.08. The molecule has 0 radical (unpaired) electrons. The number of benzene rings is 1. The first kappa shape index (κ1) is 16.2. The summed E-state index contributed by atoms with van der Waals surface area (Å²) in [6.45, 7) is -0.141. The van der Waals surface area contributed by atoms with Gasteiger partial charge in [0.25, 0.3) is 11.8 Å². The van der Waals surface area contributed by atoms with Gasteiger partial charge in [0.05, 0.1) is 6.54 Å². The lowest BCUT2D eigenvalue weighted by Crippen LogP contribution is -2.35. The molecule has 0 saturated carbocycles. The minimum atomic E-state index is -0.496. The highest BCUT2D eigenvalue weighted by Gasteiger charge is 2.15. The molecule has 0 aliphatic heterocycles. The summed E-state index contributed by atoms with van der Waals surface area (Å²) in [6.07, 6.45) is 0. The molecule has 1 aromatic heterocycles. The third-order valence-electron chi connectivity index (χ3n) is 3.08. The fourth-order valence-electron chi connectivity index (χ4n) is 1.81. The van der Waals surface area contributed by atoms with Crippen molar-refractivity contribution in [1.82, 2.24) is 20.4 Å². The van der Waals surface area contributed by atoms with Crippen LogP contribution in [0.3, 0.4) is 0 Å². The van der Waals surface area contributed by atoms with E-state index < -0.39 is 5.91 Å². The summed E-state index contributed by atoms with van der Waals surface area (Å²) in [5.41, 5.74) is 0.610. The van der Waals surface area contributed by atoms with Gasteiger partial charge in [0.2, 0.25) is 5.91 Å². The average Bonchev–Trinajstić information content (AvgIpc) is 2.93. The molecular weight excluding hydrogens is 298 g/mol. The van der Waals surface area contributed by atoms with Crippen LogP contribution in [0.1, 0.15) is 20.8 Å². The fourth-order valence-corrected chi connectivity index (χ4v) is 1.81.